The Hall–Kier alpha value is -1.76. The van der Waals surface area contributed by atoms with E-state index in [0.29, 0.717) is 11.6 Å². The number of nitrogen functional groups attached to an aromatic ring is 1. The van der Waals surface area contributed by atoms with Gasteiger partial charge in [0.05, 0.1) is 9.09 Å². The van der Waals surface area contributed by atoms with Crippen LogP contribution in [0.2, 0.25) is 0 Å². The Morgan fingerprint density at radius 2 is 1.95 bits per heavy atom. The summed E-state index contributed by atoms with van der Waals surface area (Å²) in [5, 5.41) is 1.07. The van der Waals surface area contributed by atoms with Gasteiger partial charge in [0.15, 0.2) is 5.82 Å². The van der Waals surface area contributed by atoms with Gasteiger partial charge in [0, 0.05) is 22.8 Å². The normalized spacial score (nSPS) is 10.8. The van der Waals surface area contributed by atoms with E-state index in [9.17, 15) is 0 Å². The number of halogens is 1. The minimum atomic E-state index is 0.507. The summed E-state index contributed by atoms with van der Waals surface area (Å²) in [7, 11) is 0. The average molecular weight is 362 g/mol. The summed E-state index contributed by atoms with van der Waals surface area (Å²) in [6, 6.07) is 10.0. The summed E-state index contributed by atoms with van der Waals surface area (Å²) in [6.45, 7) is 1.98. The molecule has 0 radical (unpaired) electrons. The molecule has 94 valence electrons. The smallest absolute Gasteiger partial charge is 0.161 e. The number of benzene rings is 1. The molecule has 2 N–H and O–H groups in total. The topological polar surface area (TPSA) is 64.7 Å². The largest absolute Gasteiger partial charge is 0.383 e. The van der Waals surface area contributed by atoms with Crippen LogP contribution in [0.1, 0.15) is 5.69 Å². The molecular weight excluding hydrogens is 351 g/mol. The third kappa shape index (κ3) is 2.37. The highest BCUT2D eigenvalue weighted by Crippen LogP contribution is 2.22. The standard InChI is InChI=1S/C14H11IN4/c1-8-2-3-9-6-10(4-5-12(9)18-8)14-17-7-11(15)13(16)19-14/h2-7H,1H3,(H2,16,17,19). The molecule has 0 saturated heterocycles. The second-order valence-electron chi connectivity index (χ2n) is 4.29. The van der Waals surface area contributed by atoms with Crippen LogP contribution >= 0.6 is 22.6 Å². The van der Waals surface area contributed by atoms with Crippen molar-refractivity contribution in [2.45, 2.75) is 6.92 Å². The Morgan fingerprint density at radius 3 is 2.74 bits per heavy atom. The quantitative estimate of drug-likeness (QED) is 0.676. The summed E-state index contributed by atoms with van der Waals surface area (Å²) in [5.74, 6) is 1.15. The first-order chi connectivity index (χ1) is 9.13. The van der Waals surface area contributed by atoms with Gasteiger partial charge in [-0.2, -0.15) is 0 Å². The van der Waals surface area contributed by atoms with Crippen molar-refractivity contribution in [3.05, 3.63) is 45.8 Å². The van der Waals surface area contributed by atoms with Gasteiger partial charge in [-0.3, -0.25) is 4.98 Å². The maximum absolute atomic E-state index is 5.82. The molecule has 0 aliphatic rings. The number of fused-ring (bicyclic) bond motifs is 1. The first-order valence-electron chi connectivity index (χ1n) is 5.79. The second-order valence-corrected chi connectivity index (χ2v) is 5.45. The van der Waals surface area contributed by atoms with Crippen molar-refractivity contribution in [1.29, 1.82) is 0 Å². The van der Waals surface area contributed by atoms with E-state index in [1.807, 2.05) is 31.2 Å². The minimum absolute atomic E-state index is 0.507. The highest BCUT2D eigenvalue weighted by Gasteiger charge is 2.06. The maximum atomic E-state index is 5.82. The maximum Gasteiger partial charge on any atom is 0.161 e. The van der Waals surface area contributed by atoms with Gasteiger partial charge in [-0.1, -0.05) is 6.07 Å². The first kappa shape index (κ1) is 12.3. The number of pyridine rings is 1. The van der Waals surface area contributed by atoms with Crippen LogP contribution in [0.25, 0.3) is 22.3 Å². The number of nitrogens with two attached hydrogens (primary N) is 1. The predicted octanol–water partition coefficient (Wildman–Crippen LogP) is 3.19. The van der Waals surface area contributed by atoms with Crippen LogP contribution in [0.15, 0.2) is 36.5 Å². The van der Waals surface area contributed by atoms with Crippen molar-refractivity contribution in [3.63, 3.8) is 0 Å². The Labute approximate surface area is 124 Å². The molecule has 2 aromatic heterocycles. The van der Waals surface area contributed by atoms with Crippen molar-refractivity contribution in [1.82, 2.24) is 15.0 Å². The molecule has 0 atom stereocenters. The fourth-order valence-corrected chi connectivity index (χ4v) is 2.15. The molecule has 3 aromatic rings. The van der Waals surface area contributed by atoms with Crippen molar-refractivity contribution in [2.24, 2.45) is 0 Å². The van der Waals surface area contributed by atoms with Crippen molar-refractivity contribution in [2.75, 3.05) is 5.73 Å². The molecule has 5 heteroatoms. The average Bonchev–Trinajstić information content (AvgIpc) is 2.41. The molecule has 0 aliphatic carbocycles. The van der Waals surface area contributed by atoms with E-state index >= 15 is 0 Å². The summed E-state index contributed by atoms with van der Waals surface area (Å²) >= 11 is 2.12. The van der Waals surface area contributed by atoms with Crippen LogP contribution in [0.3, 0.4) is 0 Å². The number of aryl methyl sites for hydroxylation is 1. The van der Waals surface area contributed by atoms with Gasteiger partial charge >= 0.3 is 0 Å². The second kappa shape index (κ2) is 4.73. The number of aromatic nitrogens is 3. The van der Waals surface area contributed by atoms with Gasteiger partial charge in [0.1, 0.15) is 5.82 Å². The van der Waals surface area contributed by atoms with Crippen LogP contribution in [-0.2, 0) is 0 Å². The van der Waals surface area contributed by atoms with Crippen LogP contribution in [-0.4, -0.2) is 15.0 Å². The molecule has 4 nitrogen and oxygen atoms in total. The van der Waals surface area contributed by atoms with E-state index < -0.39 is 0 Å². The zero-order valence-electron chi connectivity index (χ0n) is 10.3. The molecule has 0 fully saturated rings. The van der Waals surface area contributed by atoms with Crippen molar-refractivity contribution in [3.8, 4) is 11.4 Å². The first-order valence-corrected chi connectivity index (χ1v) is 6.87. The summed E-state index contributed by atoms with van der Waals surface area (Å²) in [4.78, 5) is 13.1. The zero-order valence-corrected chi connectivity index (χ0v) is 12.4. The number of nitrogens with zero attached hydrogens (tertiary/aromatic N) is 3. The van der Waals surface area contributed by atoms with E-state index in [1.54, 1.807) is 6.20 Å². The van der Waals surface area contributed by atoms with E-state index in [-0.39, 0.29) is 0 Å². The molecule has 0 amide bonds. The molecule has 0 aliphatic heterocycles. The molecule has 19 heavy (non-hydrogen) atoms. The number of anilines is 1. The van der Waals surface area contributed by atoms with Crippen LogP contribution < -0.4 is 5.73 Å². The van der Waals surface area contributed by atoms with E-state index in [2.05, 4.69) is 43.6 Å². The summed E-state index contributed by atoms with van der Waals surface area (Å²) < 4.78 is 0.861. The molecule has 3 rings (SSSR count). The lowest BCUT2D eigenvalue weighted by Crippen LogP contribution is -1.98. The van der Waals surface area contributed by atoms with Gasteiger partial charge in [-0.15, -0.1) is 0 Å². The predicted molar refractivity (Wildman–Crippen MR) is 84.6 cm³/mol. The number of rotatable bonds is 1. The fraction of sp³-hybridized carbons (Fsp3) is 0.0714. The highest BCUT2D eigenvalue weighted by atomic mass is 127. The van der Waals surface area contributed by atoms with Crippen molar-refractivity contribution >= 4 is 39.3 Å². The van der Waals surface area contributed by atoms with Gasteiger partial charge in [-0.25, -0.2) is 9.97 Å². The molecule has 0 unspecified atom stereocenters. The number of hydrogen-bond acceptors (Lipinski definition) is 4. The summed E-state index contributed by atoms with van der Waals surface area (Å²) in [6.07, 6.45) is 1.73. The third-order valence-electron chi connectivity index (χ3n) is 2.86. The van der Waals surface area contributed by atoms with Crippen LogP contribution in [0.4, 0.5) is 5.82 Å². The lowest BCUT2D eigenvalue weighted by Gasteiger charge is -2.04. The monoisotopic (exact) mass is 362 g/mol. The van der Waals surface area contributed by atoms with Crippen LogP contribution in [0.5, 0.6) is 0 Å². The van der Waals surface area contributed by atoms with Crippen molar-refractivity contribution < 1.29 is 0 Å². The molecule has 2 heterocycles. The molecule has 0 spiro atoms. The van der Waals surface area contributed by atoms with Gasteiger partial charge in [0.25, 0.3) is 0 Å². The van der Waals surface area contributed by atoms with Gasteiger partial charge in [-0.05, 0) is 53.8 Å². The van der Waals surface area contributed by atoms with Gasteiger partial charge < -0.3 is 5.73 Å². The lowest BCUT2D eigenvalue weighted by atomic mass is 10.1. The van der Waals surface area contributed by atoms with Crippen LogP contribution in [0, 0.1) is 10.5 Å². The third-order valence-corrected chi connectivity index (χ3v) is 3.69. The Balaban J connectivity index is 2.14. The molecule has 1 aromatic carbocycles. The lowest BCUT2D eigenvalue weighted by molar-refractivity contribution is 1.17. The molecular formula is C14H11IN4. The summed E-state index contributed by atoms with van der Waals surface area (Å²) in [5.41, 5.74) is 8.75. The Kier molecular flexibility index (Phi) is 3.06. The number of hydrogen-bond donors (Lipinski definition) is 1. The minimum Gasteiger partial charge on any atom is -0.383 e. The molecule has 0 bridgehead atoms. The van der Waals surface area contributed by atoms with E-state index in [1.165, 1.54) is 0 Å². The Morgan fingerprint density at radius 1 is 1.11 bits per heavy atom. The zero-order chi connectivity index (χ0) is 13.4. The fourth-order valence-electron chi connectivity index (χ4n) is 1.89. The highest BCUT2D eigenvalue weighted by molar-refractivity contribution is 14.1. The van der Waals surface area contributed by atoms with E-state index in [4.69, 9.17) is 5.73 Å². The van der Waals surface area contributed by atoms with Gasteiger partial charge in [0.2, 0.25) is 0 Å². The van der Waals surface area contributed by atoms with E-state index in [0.717, 1.165) is 25.7 Å². The Bertz CT molecular complexity index is 770. The SMILES string of the molecule is Cc1ccc2cc(-c3ncc(I)c(N)n3)ccc2n1. The molecule has 0 saturated carbocycles.